The third kappa shape index (κ3) is 3.37. The lowest BCUT2D eigenvalue weighted by Gasteiger charge is -2.11. The first-order chi connectivity index (χ1) is 7.54. The van der Waals surface area contributed by atoms with Crippen LogP contribution in [-0.4, -0.2) is 28.8 Å². The van der Waals surface area contributed by atoms with E-state index in [0.29, 0.717) is 22.3 Å². The molecule has 16 heavy (non-hydrogen) atoms. The molecule has 0 aliphatic carbocycles. The first-order valence-corrected chi connectivity index (χ1v) is 5.41. The molecule has 0 aliphatic rings. The topological polar surface area (TPSA) is 69.2 Å². The van der Waals surface area contributed by atoms with Crippen LogP contribution in [0.5, 0.6) is 0 Å². The van der Waals surface area contributed by atoms with E-state index < -0.39 is 11.9 Å². The molecular weight excluding hydrogens is 276 g/mol. The molecule has 0 radical (unpaired) electrons. The van der Waals surface area contributed by atoms with E-state index in [0.717, 1.165) is 0 Å². The Morgan fingerprint density at radius 2 is 2.38 bits per heavy atom. The number of rotatable bonds is 4. The summed E-state index contributed by atoms with van der Waals surface area (Å²) in [4.78, 5) is 29.8. The SMILES string of the molecule is CC(=O)OCC(C=O)c1nc(C)cnc1Br. The second-order valence-corrected chi connectivity index (χ2v) is 3.98. The van der Waals surface area contributed by atoms with Gasteiger partial charge in [-0.2, -0.15) is 0 Å². The third-order valence-corrected chi connectivity index (χ3v) is 2.47. The van der Waals surface area contributed by atoms with Gasteiger partial charge in [0.15, 0.2) is 0 Å². The van der Waals surface area contributed by atoms with Crippen molar-refractivity contribution in [2.45, 2.75) is 19.8 Å². The first-order valence-electron chi connectivity index (χ1n) is 4.62. The third-order valence-electron chi connectivity index (χ3n) is 1.85. The number of aromatic nitrogens is 2. The quantitative estimate of drug-likeness (QED) is 0.618. The molecule has 0 bridgehead atoms. The molecule has 0 aromatic carbocycles. The maximum Gasteiger partial charge on any atom is 0.302 e. The largest absolute Gasteiger partial charge is 0.465 e. The van der Waals surface area contributed by atoms with Crippen LogP contribution in [-0.2, 0) is 14.3 Å². The van der Waals surface area contributed by atoms with E-state index in [4.69, 9.17) is 4.74 Å². The molecule has 5 nitrogen and oxygen atoms in total. The molecular formula is C10H11BrN2O3. The van der Waals surface area contributed by atoms with Gasteiger partial charge in [0.2, 0.25) is 0 Å². The van der Waals surface area contributed by atoms with E-state index >= 15 is 0 Å². The molecule has 86 valence electrons. The lowest BCUT2D eigenvalue weighted by molar-refractivity contribution is -0.141. The van der Waals surface area contributed by atoms with Crippen LogP contribution in [0.25, 0.3) is 0 Å². The van der Waals surface area contributed by atoms with E-state index in [1.54, 1.807) is 13.1 Å². The number of carbonyl (C=O) groups excluding carboxylic acids is 2. The highest BCUT2D eigenvalue weighted by Gasteiger charge is 2.18. The summed E-state index contributed by atoms with van der Waals surface area (Å²) in [5.74, 6) is -1.02. The zero-order valence-electron chi connectivity index (χ0n) is 8.94. The van der Waals surface area contributed by atoms with E-state index in [1.807, 2.05) is 0 Å². The minimum atomic E-state index is -0.592. The van der Waals surface area contributed by atoms with Gasteiger partial charge in [0, 0.05) is 13.1 Å². The fourth-order valence-electron chi connectivity index (χ4n) is 1.11. The number of ether oxygens (including phenoxy) is 1. The zero-order valence-corrected chi connectivity index (χ0v) is 10.5. The Hall–Kier alpha value is -1.30. The van der Waals surface area contributed by atoms with Crippen LogP contribution in [0.1, 0.15) is 24.2 Å². The van der Waals surface area contributed by atoms with Crippen molar-refractivity contribution in [2.24, 2.45) is 0 Å². The molecule has 0 aliphatic heterocycles. The average molecular weight is 287 g/mol. The zero-order chi connectivity index (χ0) is 12.1. The normalized spacial score (nSPS) is 11.9. The van der Waals surface area contributed by atoms with Crippen molar-refractivity contribution in [1.82, 2.24) is 9.97 Å². The molecule has 1 heterocycles. The first kappa shape index (κ1) is 12.8. The average Bonchev–Trinajstić information content (AvgIpc) is 2.23. The molecule has 1 unspecified atom stereocenters. The van der Waals surface area contributed by atoms with E-state index in [-0.39, 0.29) is 6.61 Å². The van der Waals surface area contributed by atoms with Gasteiger partial charge in [-0.15, -0.1) is 0 Å². The molecule has 1 aromatic rings. The van der Waals surface area contributed by atoms with Gasteiger partial charge in [-0.05, 0) is 22.9 Å². The Morgan fingerprint density at radius 3 is 2.94 bits per heavy atom. The number of nitrogens with zero attached hydrogens (tertiary/aromatic N) is 2. The van der Waals surface area contributed by atoms with Gasteiger partial charge in [0.25, 0.3) is 0 Å². The van der Waals surface area contributed by atoms with Gasteiger partial charge >= 0.3 is 5.97 Å². The van der Waals surface area contributed by atoms with Gasteiger partial charge < -0.3 is 9.53 Å². The van der Waals surface area contributed by atoms with Crippen molar-refractivity contribution < 1.29 is 14.3 Å². The van der Waals surface area contributed by atoms with Crippen LogP contribution in [0.4, 0.5) is 0 Å². The van der Waals surface area contributed by atoms with Crippen LogP contribution in [0.2, 0.25) is 0 Å². The lowest BCUT2D eigenvalue weighted by atomic mass is 10.1. The monoisotopic (exact) mass is 286 g/mol. The summed E-state index contributed by atoms with van der Waals surface area (Å²) in [6.07, 6.45) is 2.28. The minimum Gasteiger partial charge on any atom is -0.465 e. The predicted molar refractivity (Wildman–Crippen MR) is 59.9 cm³/mol. The number of aldehydes is 1. The number of hydrogen-bond donors (Lipinski definition) is 0. The molecule has 0 fully saturated rings. The summed E-state index contributed by atoms with van der Waals surface area (Å²) >= 11 is 3.21. The number of aryl methyl sites for hydroxylation is 1. The van der Waals surface area contributed by atoms with Crippen LogP contribution >= 0.6 is 15.9 Å². The van der Waals surface area contributed by atoms with Crippen molar-refractivity contribution in [1.29, 1.82) is 0 Å². The molecule has 1 aromatic heterocycles. The second-order valence-electron chi connectivity index (χ2n) is 3.23. The Labute approximate surface area is 101 Å². The molecule has 0 N–H and O–H groups in total. The Balaban J connectivity index is 2.89. The van der Waals surface area contributed by atoms with Crippen molar-refractivity contribution in [3.63, 3.8) is 0 Å². The van der Waals surface area contributed by atoms with Gasteiger partial charge in [0.05, 0.1) is 17.3 Å². The Bertz CT molecular complexity index is 409. The summed E-state index contributed by atoms with van der Waals surface area (Å²) in [7, 11) is 0. The highest BCUT2D eigenvalue weighted by molar-refractivity contribution is 9.10. The summed E-state index contributed by atoms with van der Waals surface area (Å²) < 4.78 is 5.27. The smallest absolute Gasteiger partial charge is 0.302 e. The van der Waals surface area contributed by atoms with E-state index in [1.165, 1.54) is 6.92 Å². The Kier molecular flexibility index (Phi) is 4.54. The number of carbonyl (C=O) groups is 2. The van der Waals surface area contributed by atoms with Crippen LogP contribution in [0, 0.1) is 6.92 Å². The lowest BCUT2D eigenvalue weighted by Crippen LogP contribution is -2.14. The van der Waals surface area contributed by atoms with Crippen molar-refractivity contribution in [3.05, 3.63) is 22.2 Å². The van der Waals surface area contributed by atoms with Crippen molar-refractivity contribution in [3.8, 4) is 0 Å². The molecule has 0 saturated heterocycles. The van der Waals surface area contributed by atoms with Gasteiger partial charge in [-0.25, -0.2) is 4.98 Å². The number of halogens is 1. The molecule has 6 heteroatoms. The standard InChI is InChI=1S/C10H11BrN2O3/c1-6-3-12-10(11)9(13-6)8(4-14)5-16-7(2)15/h3-4,8H,5H2,1-2H3. The number of esters is 1. The molecule has 0 spiro atoms. The predicted octanol–water partition coefficient (Wildman–Crippen LogP) is 1.39. The molecule has 1 atom stereocenters. The van der Waals surface area contributed by atoms with Gasteiger partial charge in [-0.3, -0.25) is 9.78 Å². The van der Waals surface area contributed by atoms with Gasteiger partial charge in [-0.1, -0.05) is 0 Å². The summed E-state index contributed by atoms with van der Waals surface area (Å²) in [6, 6.07) is 0. The maximum absolute atomic E-state index is 10.9. The van der Waals surface area contributed by atoms with E-state index in [2.05, 4.69) is 25.9 Å². The summed E-state index contributed by atoms with van der Waals surface area (Å²) in [5.41, 5.74) is 1.18. The number of hydrogen-bond acceptors (Lipinski definition) is 5. The summed E-state index contributed by atoms with van der Waals surface area (Å²) in [5, 5.41) is 0. The van der Waals surface area contributed by atoms with Crippen LogP contribution in [0.15, 0.2) is 10.8 Å². The minimum absolute atomic E-state index is 0.0183. The van der Waals surface area contributed by atoms with Crippen LogP contribution in [0.3, 0.4) is 0 Å². The highest BCUT2D eigenvalue weighted by atomic mass is 79.9. The second kappa shape index (κ2) is 5.69. The van der Waals surface area contributed by atoms with Crippen molar-refractivity contribution >= 4 is 28.2 Å². The molecule has 1 rings (SSSR count). The van der Waals surface area contributed by atoms with Gasteiger partial charge in [0.1, 0.15) is 17.5 Å². The molecule has 0 amide bonds. The van der Waals surface area contributed by atoms with Crippen LogP contribution < -0.4 is 0 Å². The summed E-state index contributed by atoms with van der Waals surface area (Å²) in [6.45, 7) is 3.05. The van der Waals surface area contributed by atoms with E-state index in [9.17, 15) is 9.59 Å². The highest BCUT2D eigenvalue weighted by Crippen LogP contribution is 2.20. The maximum atomic E-state index is 10.9. The fraction of sp³-hybridized carbons (Fsp3) is 0.400. The molecule has 0 saturated carbocycles. The van der Waals surface area contributed by atoms with Crippen molar-refractivity contribution in [2.75, 3.05) is 6.61 Å². The fourth-order valence-corrected chi connectivity index (χ4v) is 1.59. The Morgan fingerprint density at radius 1 is 1.69 bits per heavy atom.